The first-order valence-electron chi connectivity index (χ1n) is 9.04. The van der Waals surface area contributed by atoms with Crippen LogP contribution >= 0.6 is 12.4 Å². The van der Waals surface area contributed by atoms with Gasteiger partial charge >= 0.3 is 0 Å². The number of pyridine rings is 1. The molecule has 7 heteroatoms. The van der Waals surface area contributed by atoms with Crippen molar-refractivity contribution in [2.75, 3.05) is 25.5 Å². The summed E-state index contributed by atoms with van der Waals surface area (Å²) in [5.41, 5.74) is 10.5. The molecular formula is C20H24ClN5O. The quantitative estimate of drug-likeness (QED) is 0.701. The Hall–Kier alpha value is -2.28. The van der Waals surface area contributed by atoms with E-state index in [4.69, 9.17) is 10.5 Å². The van der Waals surface area contributed by atoms with Crippen LogP contribution in [-0.2, 0) is 11.3 Å². The molecule has 142 valence electrons. The molecule has 0 unspecified atom stereocenters. The van der Waals surface area contributed by atoms with Gasteiger partial charge in [0, 0.05) is 25.3 Å². The highest BCUT2D eigenvalue weighted by Crippen LogP contribution is 2.23. The molecule has 3 aromatic rings. The van der Waals surface area contributed by atoms with Crippen molar-refractivity contribution in [2.45, 2.75) is 19.4 Å². The Morgan fingerprint density at radius 2 is 1.96 bits per heavy atom. The summed E-state index contributed by atoms with van der Waals surface area (Å²) in [5, 5.41) is 3.57. The van der Waals surface area contributed by atoms with Crippen LogP contribution in [0.5, 0.6) is 0 Å². The van der Waals surface area contributed by atoms with Crippen molar-refractivity contribution in [3.63, 3.8) is 0 Å². The number of aromatic nitrogens is 3. The number of anilines is 1. The van der Waals surface area contributed by atoms with Crippen LogP contribution in [0.2, 0.25) is 0 Å². The van der Waals surface area contributed by atoms with Gasteiger partial charge in [-0.05, 0) is 49.1 Å². The first kappa shape index (κ1) is 19.5. The van der Waals surface area contributed by atoms with Crippen molar-refractivity contribution >= 4 is 29.3 Å². The van der Waals surface area contributed by atoms with Gasteiger partial charge in [0.05, 0.1) is 11.2 Å². The van der Waals surface area contributed by atoms with Gasteiger partial charge < -0.3 is 15.8 Å². The van der Waals surface area contributed by atoms with Crippen LogP contribution in [0.3, 0.4) is 0 Å². The maximum atomic E-state index is 5.94. The molecule has 0 aliphatic carbocycles. The fraction of sp³-hybridized carbons (Fsp3) is 0.350. The van der Waals surface area contributed by atoms with Gasteiger partial charge in [-0.3, -0.25) is 0 Å². The molecule has 1 aliphatic rings. The summed E-state index contributed by atoms with van der Waals surface area (Å²) >= 11 is 0. The first-order chi connectivity index (χ1) is 12.8. The summed E-state index contributed by atoms with van der Waals surface area (Å²) in [7, 11) is 0. The molecule has 1 saturated heterocycles. The van der Waals surface area contributed by atoms with E-state index in [9.17, 15) is 0 Å². The van der Waals surface area contributed by atoms with Crippen LogP contribution in [0.25, 0.3) is 22.3 Å². The molecule has 0 spiro atoms. The number of nitrogen functional groups attached to an aromatic ring is 1. The number of fused-ring (bicyclic) bond motifs is 1. The molecule has 1 aromatic carbocycles. The van der Waals surface area contributed by atoms with Gasteiger partial charge in [-0.15, -0.1) is 12.4 Å². The average molecular weight is 386 g/mol. The van der Waals surface area contributed by atoms with E-state index in [1.807, 2.05) is 12.1 Å². The largest absolute Gasteiger partial charge is 0.382 e. The molecule has 4 rings (SSSR count). The second-order valence-electron chi connectivity index (χ2n) is 6.71. The van der Waals surface area contributed by atoms with Crippen LogP contribution in [0.15, 0.2) is 42.7 Å². The lowest BCUT2D eigenvalue weighted by Crippen LogP contribution is -2.27. The Bertz CT molecular complexity index is 898. The molecule has 3 N–H and O–H groups in total. The molecule has 0 amide bonds. The lowest BCUT2D eigenvalue weighted by Gasteiger charge is -2.22. The summed E-state index contributed by atoms with van der Waals surface area (Å²) in [4.78, 5) is 12.9. The molecule has 2 aromatic heterocycles. The molecular weight excluding hydrogens is 362 g/mol. The van der Waals surface area contributed by atoms with Gasteiger partial charge in [0.15, 0.2) is 5.82 Å². The third kappa shape index (κ3) is 4.71. The standard InChI is InChI=1S/C20H23N5O.ClH/c21-20-19-18(23-13-24-20)5-4-17(25-19)16-3-1-2-15(10-16)12-22-11-14-6-8-26-9-7-14;/h1-5,10,13-14,22H,6-9,11-12H2,(H2,21,23,24);1H. The van der Waals surface area contributed by atoms with Gasteiger partial charge in [-0.2, -0.15) is 0 Å². The lowest BCUT2D eigenvalue weighted by atomic mass is 10.0. The lowest BCUT2D eigenvalue weighted by molar-refractivity contribution is 0.0662. The highest BCUT2D eigenvalue weighted by molar-refractivity contribution is 5.86. The Morgan fingerprint density at radius 1 is 1.11 bits per heavy atom. The molecule has 0 saturated carbocycles. The summed E-state index contributed by atoms with van der Waals surface area (Å²) in [6.07, 6.45) is 3.76. The summed E-state index contributed by atoms with van der Waals surface area (Å²) in [6.45, 7) is 3.67. The minimum absolute atomic E-state index is 0. The number of nitrogens with zero attached hydrogens (tertiary/aromatic N) is 3. The zero-order chi connectivity index (χ0) is 17.8. The summed E-state index contributed by atoms with van der Waals surface area (Å²) in [6, 6.07) is 12.4. The number of hydrogen-bond acceptors (Lipinski definition) is 6. The van der Waals surface area contributed by atoms with E-state index < -0.39 is 0 Å². The summed E-state index contributed by atoms with van der Waals surface area (Å²) < 4.78 is 5.42. The van der Waals surface area contributed by atoms with E-state index in [1.54, 1.807) is 0 Å². The highest BCUT2D eigenvalue weighted by atomic mass is 35.5. The fourth-order valence-corrected chi connectivity index (χ4v) is 3.33. The minimum atomic E-state index is 0. The minimum Gasteiger partial charge on any atom is -0.382 e. The predicted octanol–water partition coefficient (Wildman–Crippen LogP) is 3.21. The summed E-state index contributed by atoms with van der Waals surface area (Å²) in [5.74, 6) is 1.13. The molecule has 6 nitrogen and oxygen atoms in total. The Labute approximate surface area is 165 Å². The molecule has 0 bridgehead atoms. The third-order valence-corrected chi connectivity index (χ3v) is 4.84. The normalized spacial score (nSPS) is 14.8. The van der Waals surface area contributed by atoms with E-state index in [1.165, 1.54) is 11.9 Å². The SMILES string of the molecule is Cl.Nc1ncnc2ccc(-c3cccc(CNCC4CCOCC4)c3)nc12. The van der Waals surface area contributed by atoms with Gasteiger partial charge in [0.1, 0.15) is 11.8 Å². The van der Waals surface area contributed by atoms with Crippen LogP contribution in [0.4, 0.5) is 5.82 Å². The first-order valence-corrected chi connectivity index (χ1v) is 9.04. The van der Waals surface area contributed by atoms with E-state index in [0.717, 1.165) is 61.8 Å². The maximum Gasteiger partial charge on any atom is 0.153 e. The van der Waals surface area contributed by atoms with Gasteiger partial charge in [0.25, 0.3) is 0 Å². The van der Waals surface area contributed by atoms with Crippen molar-refractivity contribution in [2.24, 2.45) is 5.92 Å². The second kappa shape index (κ2) is 9.08. The third-order valence-electron chi connectivity index (χ3n) is 4.84. The van der Waals surface area contributed by atoms with Gasteiger partial charge in [-0.25, -0.2) is 15.0 Å². The number of rotatable bonds is 5. The molecule has 27 heavy (non-hydrogen) atoms. The number of nitrogens with two attached hydrogens (primary N) is 1. The molecule has 1 fully saturated rings. The Balaban J connectivity index is 0.00000210. The van der Waals surface area contributed by atoms with Crippen LogP contribution < -0.4 is 11.1 Å². The molecule has 1 aliphatic heterocycles. The Morgan fingerprint density at radius 3 is 2.81 bits per heavy atom. The number of hydrogen-bond donors (Lipinski definition) is 2. The zero-order valence-electron chi connectivity index (χ0n) is 15.1. The van der Waals surface area contributed by atoms with E-state index >= 15 is 0 Å². The van der Waals surface area contributed by atoms with Crippen LogP contribution in [-0.4, -0.2) is 34.7 Å². The second-order valence-corrected chi connectivity index (χ2v) is 6.71. The number of ether oxygens (including phenoxy) is 1. The average Bonchev–Trinajstić information content (AvgIpc) is 2.69. The molecule has 0 radical (unpaired) electrons. The smallest absolute Gasteiger partial charge is 0.153 e. The van der Waals surface area contributed by atoms with Crippen molar-refractivity contribution in [1.82, 2.24) is 20.3 Å². The van der Waals surface area contributed by atoms with Crippen molar-refractivity contribution in [1.29, 1.82) is 0 Å². The predicted molar refractivity (Wildman–Crippen MR) is 110 cm³/mol. The van der Waals surface area contributed by atoms with Crippen LogP contribution in [0.1, 0.15) is 18.4 Å². The zero-order valence-corrected chi connectivity index (χ0v) is 15.9. The Kier molecular flexibility index (Phi) is 6.55. The van der Waals surface area contributed by atoms with Crippen molar-refractivity contribution < 1.29 is 4.74 Å². The van der Waals surface area contributed by atoms with E-state index in [-0.39, 0.29) is 12.4 Å². The topological polar surface area (TPSA) is 86.0 Å². The van der Waals surface area contributed by atoms with Crippen molar-refractivity contribution in [3.8, 4) is 11.3 Å². The monoisotopic (exact) mass is 385 g/mol. The number of halogens is 1. The van der Waals surface area contributed by atoms with Crippen LogP contribution in [0, 0.1) is 5.92 Å². The van der Waals surface area contributed by atoms with Gasteiger partial charge in [0.2, 0.25) is 0 Å². The number of nitrogens with one attached hydrogen (secondary N) is 1. The fourth-order valence-electron chi connectivity index (χ4n) is 3.33. The molecule has 3 heterocycles. The van der Waals surface area contributed by atoms with Gasteiger partial charge in [-0.1, -0.05) is 18.2 Å². The maximum absolute atomic E-state index is 5.94. The van der Waals surface area contributed by atoms with Crippen molar-refractivity contribution in [3.05, 3.63) is 48.3 Å². The molecule has 0 atom stereocenters. The number of benzene rings is 1. The van der Waals surface area contributed by atoms with E-state index in [0.29, 0.717) is 11.3 Å². The highest BCUT2D eigenvalue weighted by Gasteiger charge is 2.13. The van der Waals surface area contributed by atoms with E-state index in [2.05, 4.69) is 44.5 Å².